The summed E-state index contributed by atoms with van der Waals surface area (Å²) in [5.74, 6) is 1.09. The molecule has 2 fully saturated rings. The fraction of sp³-hybridized carbons (Fsp3) is 1.00. The van der Waals surface area contributed by atoms with Gasteiger partial charge in [-0.25, -0.2) is 0 Å². The highest BCUT2D eigenvalue weighted by atomic mass is 14.9. The molecule has 8 heavy (non-hydrogen) atoms. The van der Waals surface area contributed by atoms with Crippen LogP contribution >= 0.6 is 0 Å². The Morgan fingerprint density at radius 1 is 1.62 bits per heavy atom. The van der Waals surface area contributed by atoms with Gasteiger partial charge in [0, 0.05) is 6.54 Å². The summed E-state index contributed by atoms with van der Waals surface area (Å²) >= 11 is 0. The molecule has 1 heterocycles. The molecule has 1 saturated heterocycles. The van der Waals surface area contributed by atoms with Crippen molar-refractivity contribution in [1.82, 2.24) is 5.32 Å². The predicted octanol–water partition coefficient (Wildman–Crippen LogP) is 1.01. The number of nitrogens with one attached hydrogen (secondary N) is 1. The molecule has 2 atom stereocenters. The van der Waals surface area contributed by atoms with Crippen molar-refractivity contribution >= 4 is 0 Å². The Bertz CT molecular complexity index is 109. The molecular weight excluding hydrogens is 98.1 g/mol. The fourth-order valence-corrected chi connectivity index (χ4v) is 1.82. The van der Waals surface area contributed by atoms with Crippen LogP contribution in [0.2, 0.25) is 0 Å². The van der Waals surface area contributed by atoms with Crippen LogP contribution in [0, 0.1) is 11.3 Å². The summed E-state index contributed by atoms with van der Waals surface area (Å²) in [5.41, 5.74) is 0.734. The molecule has 0 aromatic heterocycles. The van der Waals surface area contributed by atoms with Gasteiger partial charge in [0.15, 0.2) is 0 Å². The van der Waals surface area contributed by atoms with Crippen molar-refractivity contribution in [2.45, 2.75) is 19.8 Å². The van der Waals surface area contributed by atoms with Crippen molar-refractivity contribution < 1.29 is 0 Å². The Labute approximate surface area is 50.5 Å². The van der Waals surface area contributed by atoms with Crippen LogP contribution in [0.4, 0.5) is 0 Å². The van der Waals surface area contributed by atoms with Gasteiger partial charge in [0.05, 0.1) is 0 Å². The van der Waals surface area contributed by atoms with Gasteiger partial charge in [0.25, 0.3) is 0 Å². The van der Waals surface area contributed by atoms with Crippen LogP contribution in [0.1, 0.15) is 19.8 Å². The lowest BCUT2D eigenvalue weighted by atomic mass is 10.0. The van der Waals surface area contributed by atoms with E-state index in [4.69, 9.17) is 0 Å². The molecular formula is C7H13N. The van der Waals surface area contributed by atoms with Crippen molar-refractivity contribution in [1.29, 1.82) is 0 Å². The molecule has 1 aliphatic carbocycles. The van der Waals surface area contributed by atoms with Crippen LogP contribution < -0.4 is 5.32 Å². The van der Waals surface area contributed by atoms with E-state index >= 15 is 0 Å². The summed E-state index contributed by atoms with van der Waals surface area (Å²) in [4.78, 5) is 0. The summed E-state index contributed by atoms with van der Waals surface area (Å²) in [7, 11) is 0. The van der Waals surface area contributed by atoms with Crippen LogP contribution in [0.3, 0.4) is 0 Å². The lowest BCUT2D eigenvalue weighted by Gasteiger charge is -2.17. The summed E-state index contributed by atoms with van der Waals surface area (Å²) in [6.07, 6.45) is 2.91. The van der Waals surface area contributed by atoms with Crippen molar-refractivity contribution in [3.05, 3.63) is 0 Å². The van der Waals surface area contributed by atoms with Crippen LogP contribution in [-0.2, 0) is 0 Å². The topological polar surface area (TPSA) is 12.0 Å². The fourth-order valence-electron chi connectivity index (χ4n) is 1.82. The zero-order valence-electron chi connectivity index (χ0n) is 5.41. The molecule has 1 nitrogen and oxygen atoms in total. The molecule has 0 aromatic carbocycles. The van der Waals surface area contributed by atoms with Crippen LogP contribution in [-0.4, -0.2) is 13.1 Å². The van der Waals surface area contributed by atoms with E-state index in [-0.39, 0.29) is 0 Å². The minimum absolute atomic E-state index is 0.734. The van der Waals surface area contributed by atoms with Crippen LogP contribution in [0.5, 0.6) is 0 Å². The first-order valence-electron chi connectivity index (χ1n) is 3.52. The Kier molecular flexibility index (Phi) is 0.762. The van der Waals surface area contributed by atoms with Crippen molar-refractivity contribution in [3.8, 4) is 0 Å². The van der Waals surface area contributed by atoms with E-state index in [9.17, 15) is 0 Å². The largest absolute Gasteiger partial charge is 0.316 e. The van der Waals surface area contributed by atoms with Crippen LogP contribution in [0.25, 0.3) is 0 Å². The van der Waals surface area contributed by atoms with Crippen LogP contribution in [0.15, 0.2) is 0 Å². The smallest absolute Gasteiger partial charge is 0.000793 e. The standard InChI is InChI=1S/C7H13N/c1-7-4-6(7)2-3-8-5-7/h6,8H,2-5H2,1H3. The first-order chi connectivity index (χ1) is 3.81. The Morgan fingerprint density at radius 3 is 3.00 bits per heavy atom. The molecule has 0 spiro atoms. The van der Waals surface area contributed by atoms with Gasteiger partial charge >= 0.3 is 0 Å². The molecule has 0 aromatic rings. The van der Waals surface area contributed by atoms with Crippen molar-refractivity contribution in [2.24, 2.45) is 11.3 Å². The monoisotopic (exact) mass is 111 g/mol. The zero-order chi connectivity index (χ0) is 5.61. The van der Waals surface area contributed by atoms with E-state index in [0.29, 0.717) is 0 Å². The van der Waals surface area contributed by atoms with Gasteiger partial charge in [-0.15, -0.1) is 0 Å². The van der Waals surface area contributed by atoms with E-state index in [0.717, 1.165) is 11.3 Å². The van der Waals surface area contributed by atoms with E-state index in [2.05, 4.69) is 12.2 Å². The lowest BCUT2D eigenvalue weighted by Crippen LogP contribution is -2.29. The molecule has 46 valence electrons. The molecule has 2 aliphatic rings. The predicted molar refractivity (Wildman–Crippen MR) is 33.7 cm³/mol. The summed E-state index contributed by atoms with van der Waals surface area (Å²) in [5, 5.41) is 3.42. The van der Waals surface area contributed by atoms with Crippen molar-refractivity contribution in [2.75, 3.05) is 13.1 Å². The second-order valence-electron chi connectivity index (χ2n) is 3.52. The molecule has 1 N–H and O–H groups in total. The Balaban J connectivity index is 2.04. The van der Waals surface area contributed by atoms with E-state index < -0.39 is 0 Å². The number of rotatable bonds is 0. The first-order valence-corrected chi connectivity index (χ1v) is 3.52. The van der Waals surface area contributed by atoms with Gasteiger partial charge in [-0.3, -0.25) is 0 Å². The summed E-state index contributed by atoms with van der Waals surface area (Å²) in [6.45, 7) is 4.93. The van der Waals surface area contributed by atoms with Gasteiger partial charge in [-0.05, 0) is 30.7 Å². The van der Waals surface area contributed by atoms with Crippen molar-refractivity contribution in [3.63, 3.8) is 0 Å². The first kappa shape index (κ1) is 4.80. The van der Waals surface area contributed by atoms with Gasteiger partial charge in [0.2, 0.25) is 0 Å². The second kappa shape index (κ2) is 1.27. The number of fused-ring (bicyclic) bond motifs is 1. The zero-order valence-corrected chi connectivity index (χ0v) is 5.41. The SMILES string of the molecule is CC12CNCCC1C2. The number of hydrogen-bond acceptors (Lipinski definition) is 1. The highest BCUT2D eigenvalue weighted by Crippen LogP contribution is 2.54. The van der Waals surface area contributed by atoms with Gasteiger partial charge < -0.3 is 5.32 Å². The molecule has 1 aliphatic heterocycles. The number of hydrogen-bond donors (Lipinski definition) is 1. The van der Waals surface area contributed by atoms with Gasteiger partial charge in [-0.1, -0.05) is 6.92 Å². The maximum absolute atomic E-state index is 3.42. The summed E-state index contributed by atoms with van der Waals surface area (Å²) in [6, 6.07) is 0. The molecule has 0 radical (unpaired) electrons. The maximum Gasteiger partial charge on any atom is 0.000793 e. The minimum Gasteiger partial charge on any atom is -0.316 e. The summed E-state index contributed by atoms with van der Waals surface area (Å²) < 4.78 is 0. The average Bonchev–Trinajstić information content (AvgIpc) is 2.39. The third-order valence-corrected chi connectivity index (χ3v) is 2.74. The lowest BCUT2D eigenvalue weighted by molar-refractivity contribution is 0.386. The highest BCUT2D eigenvalue weighted by molar-refractivity contribution is 5.02. The third-order valence-electron chi connectivity index (χ3n) is 2.74. The Morgan fingerprint density at radius 2 is 2.50 bits per heavy atom. The van der Waals surface area contributed by atoms with Gasteiger partial charge in [0.1, 0.15) is 0 Å². The molecule has 1 saturated carbocycles. The van der Waals surface area contributed by atoms with E-state index in [1.54, 1.807) is 0 Å². The molecule has 0 amide bonds. The number of piperidine rings is 1. The normalized spacial score (nSPS) is 52.9. The molecule has 0 bridgehead atoms. The second-order valence-corrected chi connectivity index (χ2v) is 3.52. The average molecular weight is 111 g/mol. The van der Waals surface area contributed by atoms with E-state index in [1.165, 1.54) is 25.9 Å². The quantitative estimate of drug-likeness (QED) is 0.492. The highest BCUT2D eigenvalue weighted by Gasteiger charge is 2.50. The molecule has 2 rings (SSSR count). The van der Waals surface area contributed by atoms with Gasteiger partial charge in [-0.2, -0.15) is 0 Å². The Hall–Kier alpha value is -0.0400. The third kappa shape index (κ3) is 0.510. The molecule has 2 unspecified atom stereocenters. The maximum atomic E-state index is 3.42. The van der Waals surface area contributed by atoms with E-state index in [1.807, 2.05) is 0 Å². The minimum atomic E-state index is 0.734. The molecule has 1 heteroatoms.